The number of carboxylic acid groups (broad SMARTS) is 1. The summed E-state index contributed by atoms with van der Waals surface area (Å²) in [5.41, 5.74) is 0.126. The first-order valence-corrected chi connectivity index (χ1v) is 9.55. The number of rotatable bonds is 6. The van der Waals surface area contributed by atoms with Crippen LogP contribution in [0.3, 0.4) is 0 Å². The Morgan fingerprint density at radius 1 is 1.24 bits per heavy atom. The van der Waals surface area contributed by atoms with E-state index in [2.05, 4.69) is 5.32 Å². The number of amides is 1. The van der Waals surface area contributed by atoms with Gasteiger partial charge >= 0.3 is 5.97 Å². The molecule has 1 unspecified atom stereocenters. The van der Waals surface area contributed by atoms with Crippen LogP contribution in [-0.2, 0) is 19.6 Å². The molecule has 2 aliphatic rings. The predicted octanol–water partition coefficient (Wildman–Crippen LogP) is 0.301. The lowest BCUT2D eigenvalue weighted by atomic mass is 10.1. The van der Waals surface area contributed by atoms with Gasteiger partial charge in [0.25, 0.3) is 5.91 Å². The fourth-order valence-corrected chi connectivity index (χ4v) is 4.22. The molecule has 0 spiro atoms. The molecule has 1 heterocycles. The summed E-state index contributed by atoms with van der Waals surface area (Å²) in [5.74, 6) is -1.71. The fraction of sp³-hybridized carbons (Fsp3) is 0.500. The molecule has 1 saturated heterocycles. The topological polar surface area (TPSA) is 113 Å². The van der Waals surface area contributed by atoms with Gasteiger partial charge < -0.3 is 15.2 Å². The van der Waals surface area contributed by atoms with Crippen LogP contribution in [0.5, 0.6) is 0 Å². The highest BCUT2D eigenvalue weighted by atomic mass is 32.2. The number of morpholine rings is 1. The lowest BCUT2D eigenvalue weighted by Gasteiger charge is -2.26. The molecule has 1 aromatic carbocycles. The van der Waals surface area contributed by atoms with Crippen LogP contribution in [0.2, 0.25) is 0 Å². The molecule has 3 rings (SSSR count). The van der Waals surface area contributed by atoms with Crippen molar-refractivity contribution < 1.29 is 27.9 Å². The molecule has 1 aromatic rings. The van der Waals surface area contributed by atoms with Gasteiger partial charge in [-0.2, -0.15) is 4.31 Å². The number of nitrogens with one attached hydrogen (secondary N) is 1. The molecule has 136 valence electrons. The van der Waals surface area contributed by atoms with E-state index in [-0.39, 0.29) is 29.5 Å². The molecular weight excluding hydrogens is 348 g/mol. The van der Waals surface area contributed by atoms with Gasteiger partial charge in [0.15, 0.2) is 0 Å². The molecule has 1 aliphatic heterocycles. The zero-order valence-corrected chi connectivity index (χ0v) is 14.4. The molecule has 0 radical (unpaired) electrons. The summed E-state index contributed by atoms with van der Waals surface area (Å²) in [6.45, 7) is 1.20. The number of aliphatic carboxylic acids is 1. The fourth-order valence-electron chi connectivity index (χ4n) is 2.77. The third kappa shape index (κ3) is 4.00. The van der Waals surface area contributed by atoms with Crippen LogP contribution in [0.1, 0.15) is 23.2 Å². The second-order valence-electron chi connectivity index (χ2n) is 6.17. The van der Waals surface area contributed by atoms with Crippen LogP contribution in [-0.4, -0.2) is 62.1 Å². The summed E-state index contributed by atoms with van der Waals surface area (Å²) in [6, 6.07) is 4.73. The maximum atomic E-state index is 12.7. The quantitative estimate of drug-likeness (QED) is 0.747. The van der Waals surface area contributed by atoms with E-state index >= 15 is 0 Å². The van der Waals surface area contributed by atoms with Crippen molar-refractivity contribution in [2.45, 2.75) is 23.8 Å². The number of hydrogen-bond acceptors (Lipinski definition) is 5. The maximum Gasteiger partial charge on any atom is 0.326 e. The molecule has 1 amide bonds. The highest BCUT2D eigenvalue weighted by Crippen LogP contribution is 2.33. The molecule has 9 heteroatoms. The highest BCUT2D eigenvalue weighted by molar-refractivity contribution is 7.89. The van der Waals surface area contributed by atoms with E-state index in [0.29, 0.717) is 13.2 Å². The van der Waals surface area contributed by atoms with Crippen molar-refractivity contribution in [3.63, 3.8) is 0 Å². The van der Waals surface area contributed by atoms with Gasteiger partial charge in [0.2, 0.25) is 10.0 Å². The van der Waals surface area contributed by atoms with Gasteiger partial charge in [-0.25, -0.2) is 13.2 Å². The van der Waals surface area contributed by atoms with Gasteiger partial charge in [-0.15, -0.1) is 0 Å². The van der Waals surface area contributed by atoms with E-state index < -0.39 is 27.9 Å². The normalized spacial score (nSPS) is 20.0. The molecule has 2 fully saturated rings. The predicted molar refractivity (Wildman–Crippen MR) is 87.6 cm³/mol. The number of nitrogens with zero attached hydrogens (tertiary/aromatic N) is 1. The minimum atomic E-state index is -3.71. The van der Waals surface area contributed by atoms with Crippen molar-refractivity contribution >= 4 is 21.9 Å². The number of sulfonamides is 1. The van der Waals surface area contributed by atoms with Gasteiger partial charge in [-0.1, -0.05) is 6.07 Å². The Morgan fingerprint density at radius 2 is 1.92 bits per heavy atom. The summed E-state index contributed by atoms with van der Waals surface area (Å²) in [7, 11) is -3.71. The number of carboxylic acids is 1. The second-order valence-corrected chi connectivity index (χ2v) is 8.11. The zero-order chi connectivity index (χ0) is 18.0. The maximum absolute atomic E-state index is 12.7. The van der Waals surface area contributed by atoms with E-state index in [1.54, 1.807) is 0 Å². The van der Waals surface area contributed by atoms with Gasteiger partial charge in [0.05, 0.1) is 18.1 Å². The van der Waals surface area contributed by atoms with Crippen LogP contribution in [0.15, 0.2) is 29.2 Å². The van der Waals surface area contributed by atoms with Crippen LogP contribution >= 0.6 is 0 Å². The van der Waals surface area contributed by atoms with Crippen LogP contribution in [0.4, 0.5) is 0 Å². The van der Waals surface area contributed by atoms with Crippen molar-refractivity contribution in [2.24, 2.45) is 5.92 Å². The summed E-state index contributed by atoms with van der Waals surface area (Å²) >= 11 is 0. The van der Waals surface area contributed by atoms with Crippen molar-refractivity contribution in [1.29, 1.82) is 0 Å². The van der Waals surface area contributed by atoms with Crippen LogP contribution < -0.4 is 5.32 Å². The van der Waals surface area contributed by atoms with Crippen LogP contribution in [0.25, 0.3) is 0 Å². The Balaban J connectivity index is 1.78. The second kappa shape index (κ2) is 7.11. The van der Waals surface area contributed by atoms with Gasteiger partial charge in [0, 0.05) is 18.7 Å². The Labute approximate surface area is 145 Å². The van der Waals surface area contributed by atoms with Gasteiger partial charge in [-0.3, -0.25) is 4.79 Å². The molecule has 1 atom stereocenters. The smallest absolute Gasteiger partial charge is 0.326 e. The van der Waals surface area contributed by atoms with E-state index in [1.807, 2.05) is 0 Å². The van der Waals surface area contributed by atoms with E-state index in [0.717, 1.165) is 12.8 Å². The van der Waals surface area contributed by atoms with Gasteiger partial charge in [-0.05, 0) is 37.0 Å². The Kier molecular flexibility index (Phi) is 5.07. The molecule has 0 aromatic heterocycles. The van der Waals surface area contributed by atoms with Crippen molar-refractivity contribution in [3.8, 4) is 0 Å². The summed E-state index contributed by atoms with van der Waals surface area (Å²) in [6.07, 6.45) is 1.53. The number of ether oxygens (including phenoxy) is 1. The first-order valence-electron chi connectivity index (χ1n) is 8.11. The molecule has 0 bridgehead atoms. The van der Waals surface area contributed by atoms with E-state index in [1.165, 1.54) is 28.6 Å². The summed E-state index contributed by atoms with van der Waals surface area (Å²) in [4.78, 5) is 23.6. The van der Waals surface area contributed by atoms with Crippen LogP contribution in [0, 0.1) is 5.92 Å². The lowest BCUT2D eigenvalue weighted by Crippen LogP contribution is -2.42. The molecular formula is C16H20N2O6S. The molecule has 8 nitrogen and oxygen atoms in total. The standard InChI is InChI=1S/C16H20N2O6S/c19-15(17-14(16(20)21)11-4-5-11)12-2-1-3-13(10-12)25(22,23)18-6-8-24-9-7-18/h1-3,10-11,14H,4-9H2,(H,17,19)(H,20,21). The minimum Gasteiger partial charge on any atom is -0.480 e. The molecule has 1 aliphatic carbocycles. The number of hydrogen-bond donors (Lipinski definition) is 2. The average Bonchev–Trinajstić information content (AvgIpc) is 3.45. The third-order valence-corrected chi connectivity index (χ3v) is 6.24. The Hall–Kier alpha value is -1.97. The van der Waals surface area contributed by atoms with Crippen molar-refractivity contribution in [2.75, 3.05) is 26.3 Å². The van der Waals surface area contributed by atoms with E-state index in [9.17, 15) is 23.1 Å². The number of benzene rings is 1. The largest absolute Gasteiger partial charge is 0.480 e. The SMILES string of the molecule is O=C(NC(C(=O)O)C1CC1)c1cccc(S(=O)(=O)N2CCOCC2)c1. The minimum absolute atomic E-state index is 0.0142. The van der Waals surface area contributed by atoms with Gasteiger partial charge in [0.1, 0.15) is 6.04 Å². The first kappa shape index (κ1) is 17.8. The third-order valence-electron chi connectivity index (χ3n) is 4.35. The summed E-state index contributed by atoms with van der Waals surface area (Å²) < 4.78 is 31.8. The molecule has 1 saturated carbocycles. The first-order chi connectivity index (χ1) is 11.9. The van der Waals surface area contributed by atoms with E-state index in [4.69, 9.17) is 4.74 Å². The van der Waals surface area contributed by atoms with Crippen molar-refractivity contribution in [1.82, 2.24) is 9.62 Å². The highest BCUT2D eigenvalue weighted by Gasteiger charge is 2.37. The monoisotopic (exact) mass is 368 g/mol. The number of carbonyl (C=O) groups excluding carboxylic acids is 1. The zero-order valence-electron chi connectivity index (χ0n) is 13.6. The lowest BCUT2D eigenvalue weighted by molar-refractivity contribution is -0.139. The Bertz CT molecular complexity index is 769. The summed E-state index contributed by atoms with van der Waals surface area (Å²) in [5, 5.41) is 11.7. The average molecular weight is 368 g/mol. The Morgan fingerprint density at radius 3 is 2.52 bits per heavy atom. The molecule has 2 N–H and O–H groups in total. The molecule has 25 heavy (non-hydrogen) atoms. The number of carbonyl (C=O) groups is 2. The van der Waals surface area contributed by atoms with Crippen molar-refractivity contribution in [3.05, 3.63) is 29.8 Å².